The SMILES string of the molecule is CC.CC.CO/N=C(/C=NO)C1CCCCC1.O=C(C=NO)C1CCCCC1. The third kappa shape index (κ3) is 13.3. The maximum atomic E-state index is 11.1. The van der Waals surface area contributed by atoms with E-state index in [0.717, 1.165) is 50.5 Å². The van der Waals surface area contributed by atoms with Crippen LogP contribution in [0.2, 0.25) is 0 Å². The molecule has 28 heavy (non-hydrogen) atoms. The molecule has 0 radical (unpaired) electrons. The number of oxime groups is 3. The van der Waals surface area contributed by atoms with Gasteiger partial charge < -0.3 is 15.3 Å². The number of Topliss-reactive ketones (excluding diaryl/α,β-unsaturated/α-hetero) is 1. The van der Waals surface area contributed by atoms with Gasteiger partial charge in [0.1, 0.15) is 19.0 Å². The largest absolute Gasteiger partial charge is 0.411 e. The molecule has 0 aromatic rings. The average Bonchev–Trinajstić information content (AvgIpc) is 2.78. The summed E-state index contributed by atoms with van der Waals surface area (Å²) in [5, 5.41) is 26.1. The molecule has 164 valence electrons. The van der Waals surface area contributed by atoms with Crippen molar-refractivity contribution in [1.82, 2.24) is 0 Å². The molecule has 7 nitrogen and oxygen atoms in total. The molecule has 0 atom stereocenters. The van der Waals surface area contributed by atoms with Gasteiger partial charge in [-0.15, -0.1) is 0 Å². The third-order valence-electron chi connectivity index (χ3n) is 4.60. The first-order chi connectivity index (χ1) is 13.7. The van der Waals surface area contributed by atoms with E-state index >= 15 is 0 Å². The van der Waals surface area contributed by atoms with Crippen LogP contribution in [0.1, 0.15) is 91.9 Å². The first kappa shape index (κ1) is 28.3. The summed E-state index contributed by atoms with van der Waals surface area (Å²) < 4.78 is 0. The zero-order chi connectivity index (χ0) is 21.6. The highest BCUT2D eigenvalue weighted by molar-refractivity contribution is 6.31. The van der Waals surface area contributed by atoms with Crippen molar-refractivity contribution >= 4 is 23.9 Å². The molecular formula is C21H41N3O4. The molecule has 0 aliphatic heterocycles. The molecule has 7 heteroatoms. The van der Waals surface area contributed by atoms with Gasteiger partial charge in [0.05, 0.1) is 6.21 Å². The monoisotopic (exact) mass is 399 g/mol. The van der Waals surface area contributed by atoms with E-state index in [0.29, 0.717) is 5.92 Å². The van der Waals surface area contributed by atoms with Crippen LogP contribution in [0, 0.1) is 11.8 Å². The van der Waals surface area contributed by atoms with Crippen molar-refractivity contribution in [3.8, 4) is 0 Å². The Hall–Kier alpha value is -1.92. The lowest BCUT2D eigenvalue weighted by Crippen LogP contribution is -2.19. The zero-order valence-electron chi connectivity index (χ0n) is 18.4. The highest BCUT2D eigenvalue weighted by Crippen LogP contribution is 2.24. The number of hydrogen-bond acceptors (Lipinski definition) is 7. The van der Waals surface area contributed by atoms with Crippen LogP contribution in [-0.4, -0.2) is 41.4 Å². The highest BCUT2D eigenvalue weighted by Gasteiger charge is 2.19. The summed E-state index contributed by atoms with van der Waals surface area (Å²) >= 11 is 0. The van der Waals surface area contributed by atoms with Crippen molar-refractivity contribution in [2.24, 2.45) is 27.3 Å². The molecule has 0 spiro atoms. The number of ketones is 1. The van der Waals surface area contributed by atoms with Gasteiger partial charge in [-0.25, -0.2) is 0 Å². The maximum Gasteiger partial charge on any atom is 0.180 e. The fourth-order valence-electron chi connectivity index (χ4n) is 3.32. The Morgan fingerprint density at radius 3 is 1.61 bits per heavy atom. The molecule has 0 heterocycles. The van der Waals surface area contributed by atoms with E-state index in [1.807, 2.05) is 27.7 Å². The van der Waals surface area contributed by atoms with Gasteiger partial charge in [-0.05, 0) is 25.7 Å². The Bertz CT molecular complexity index is 439. The van der Waals surface area contributed by atoms with Crippen molar-refractivity contribution in [2.45, 2.75) is 91.9 Å². The number of carbonyl (C=O) groups is 1. The Kier molecular flexibility index (Phi) is 21.6. The van der Waals surface area contributed by atoms with Gasteiger partial charge in [0.2, 0.25) is 0 Å². The minimum Gasteiger partial charge on any atom is -0.411 e. The lowest BCUT2D eigenvalue weighted by Gasteiger charge is -2.20. The van der Waals surface area contributed by atoms with E-state index in [9.17, 15) is 4.79 Å². The average molecular weight is 400 g/mol. The van der Waals surface area contributed by atoms with Crippen LogP contribution in [0.15, 0.2) is 15.5 Å². The van der Waals surface area contributed by atoms with Crippen LogP contribution in [0.5, 0.6) is 0 Å². The molecule has 2 aliphatic carbocycles. The molecule has 0 aromatic heterocycles. The van der Waals surface area contributed by atoms with Crippen LogP contribution in [0.3, 0.4) is 0 Å². The van der Waals surface area contributed by atoms with Gasteiger partial charge in [0.25, 0.3) is 0 Å². The quantitative estimate of drug-likeness (QED) is 0.352. The van der Waals surface area contributed by atoms with Crippen LogP contribution in [-0.2, 0) is 9.63 Å². The Labute approximate surface area is 170 Å². The van der Waals surface area contributed by atoms with Gasteiger partial charge in [-0.2, -0.15) is 0 Å². The molecule has 2 rings (SSSR count). The van der Waals surface area contributed by atoms with Crippen LogP contribution < -0.4 is 0 Å². The molecule has 0 amide bonds. The van der Waals surface area contributed by atoms with Crippen molar-refractivity contribution in [3.63, 3.8) is 0 Å². The molecule has 0 bridgehead atoms. The standard InChI is InChI=1S/C9H16N2O2.C8H13NO2.2C2H6/c1-13-11-9(7-10-12)8-5-3-2-4-6-8;10-8(6-9-11)7-4-2-1-3-5-7;2*1-2/h7-8,12H,2-6H2,1H3;6-7,11H,1-5H2;2*1-2H3/b10-7?,11-9-;;;. The minimum atomic E-state index is -0.0211. The summed E-state index contributed by atoms with van der Waals surface area (Å²) in [6.45, 7) is 8.00. The Morgan fingerprint density at radius 1 is 0.786 bits per heavy atom. The summed E-state index contributed by atoms with van der Waals surface area (Å²) in [5.74, 6) is 0.511. The number of nitrogens with zero attached hydrogens (tertiary/aromatic N) is 3. The van der Waals surface area contributed by atoms with E-state index in [4.69, 9.17) is 15.3 Å². The molecule has 2 aliphatic rings. The predicted molar refractivity (Wildman–Crippen MR) is 116 cm³/mol. The minimum absolute atomic E-state index is 0.0211. The van der Waals surface area contributed by atoms with Crippen LogP contribution >= 0.6 is 0 Å². The van der Waals surface area contributed by atoms with Crippen molar-refractivity contribution in [2.75, 3.05) is 7.11 Å². The van der Waals surface area contributed by atoms with Gasteiger partial charge in [-0.3, -0.25) is 4.79 Å². The summed E-state index contributed by atoms with van der Waals surface area (Å²) in [4.78, 5) is 15.8. The van der Waals surface area contributed by atoms with Crippen molar-refractivity contribution in [1.29, 1.82) is 0 Å². The summed E-state index contributed by atoms with van der Waals surface area (Å²) in [6.07, 6.45) is 13.8. The molecule has 0 aromatic carbocycles. The summed E-state index contributed by atoms with van der Waals surface area (Å²) in [6, 6.07) is 0. The van der Waals surface area contributed by atoms with Crippen LogP contribution in [0.4, 0.5) is 0 Å². The van der Waals surface area contributed by atoms with E-state index in [2.05, 4.69) is 15.5 Å². The normalized spacial score (nSPS) is 18.2. The molecular weight excluding hydrogens is 358 g/mol. The van der Waals surface area contributed by atoms with Gasteiger partial charge in [-0.1, -0.05) is 81.7 Å². The molecule has 2 fully saturated rings. The fraction of sp³-hybridized carbons (Fsp3) is 0.810. The van der Waals surface area contributed by atoms with E-state index < -0.39 is 0 Å². The van der Waals surface area contributed by atoms with E-state index in [1.54, 1.807) is 0 Å². The first-order valence-electron chi connectivity index (χ1n) is 10.7. The highest BCUT2D eigenvalue weighted by atomic mass is 16.6. The van der Waals surface area contributed by atoms with Gasteiger partial charge >= 0.3 is 0 Å². The Morgan fingerprint density at radius 2 is 1.21 bits per heavy atom. The second-order valence-corrected chi connectivity index (χ2v) is 6.26. The lowest BCUT2D eigenvalue weighted by molar-refractivity contribution is -0.117. The van der Waals surface area contributed by atoms with E-state index in [1.165, 1.54) is 39.0 Å². The van der Waals surface area contributed by atoms with Crippen molar-refractivity contribution < 1.29 is 20.0 Å². The predicted octanol–water partition coefficient (Wildman–Crippen LogP) is 5.68. The smallest absolute Gasteiger partial charge is 0.180 e. The lowest BCUT2D eigenvalue weighted by atomic mass is 9.86. The first-order valence-corrected chi connectivity index (χ1v) is 10.7. The third-order valence-corrected chi connectivity index (χ3v) is 4.60. The maximum absolute atomic E-state index is 11.1. The number of rotatable bonds is 5. The second-order valence-electron chi connectivity index (χ2n) is 6.26. The molecule has 2 saturated carbocycles. The Balaban J connectivity index is 0. The molecule has 0 saturated heterocycles. The molecule has 0 unspecified atom stereocenters. The molecule has 2 N–H and O–H groups in total. The van der Waals surface area contributed by atoms with Gasteiger partial charge in [0, 0.05) is 11.8 Å². The summed E-state index contributed by atoms with van der Waals surface area (Å²) in [7, 11) is 1.51. The second kappa shape index (κ2) is 21.4. The number of hydrogen-bond donors (Lipinski definition) is 2. The topological polar surface area (TPSA) is 104 Å². The zero-order valence-corrected chi connectivity index (χ0v) is 18.4. The van der Waals surface area contributed by atoms with Gasteiger partial charge in [0.15, 0.2) is 5.78 Å². The van der Waals surface area contributed by atoms with Crippen LogP contribution in [0.25, 0.3) is 0 Å². The number of carbonyl (C=O) groups excluding carboxylic acids is 1. The van der Waals surface area contributed by atoms with E-state index in [-0.39, 0.29) is 11.7 Å². The van der Waals surface area contributed by atoms with Crippen molar-refractivity contribution in [3.05, 3.63) is 0 Å². The summed E-state index contributed by atoms with van der Waals surface area (Å²) in [5.41, 5.74) is 0.754. The fourth-order valence-corrected chi connectivity index (χ4v) is 3.32.